The molecule has 3 heterocycles. The predicted molar refractivity (Wildman–Crippen MR) is 86.9 cm³/mol. The highest BCUT2D eigenvalue weighted by molar-refractivity contribution is 5.87. The summed E-state index contributed by atoms with van der Waals surface area (Å²) in [5.74, 6) is -0.206. The second-order valence-corrected chi connectivity index (χ2v) is 5.04. The molecule has 9 heteroatoms. The number of aromatic nitrogens is 5. The number of hydrogen-bond donors (Lipinski definition) is 2. The zero-order valence-electron chi connectivity index (χ0n) is 12.9. The van der Waals surface area contributed by atoms with Crippen LogP contribution in [0.25, 0.3) is 11.2 Å². The molecule has 0 spiro atoms. The third-order valence-electron chi connectivity index (χ3n) is 3.39. The lowest BCUT2D eigenvalue weighted by Gasteiger charge is -2.05. The molecule has 0 fully saturated rings. The number of methoxy groups -OCH3 is 1. The van der Waals surface area contributed by atoms with Crippen molar-refractivity contribution in [3.8, 4) is 0 Å². The van der Waals surface area contributed by atoms with Gasteiger partial charge >= 0.3 is 5.97 Å². The summed E-state index contributed by atoms with van der Waals surface area (Å²) in [6.45, 7) is 0. The summed E-state index contributed by atoms with van der Waals surface area (Å²) in [5, 5.41) is 0. The Hall–Kier alpha value is -3.36. The van der Waals surface area contributed by atoms with Crippen LogP contribution in [0.2, 0.25) is 0 Å². The Balaban J connectivity index is 1.80. The first kappa shape index (κ1) is 15.5. The maximum atomic E-state index is 11.5. The molecule has 3 aromatic rings. The molecule has 0 aliphatic heterocycles. The molecule has 0 atom stereocenters. The van der Waals surface area contributed by atoms with E-state index in [1.807, 2.05) is 6.07 Å². The van der Waals surface area contributed by atoms with Gasteiger partial charge in [0.05, 0.1) is 19.0 Å². The van der Waals surface area contributed by atoms with Gasteiger partial charge in [-0.25, -0.2) is 19.7 Å². The van der Waals surface area contributed by atoms with Gasteiger partial charge in [-0.2, -0.15) is 9.97 Å². The van der Waals surface area contributed by atoms with E-state index in [4.69, 9.17) is 11.5 Å². The highest BCUT2D eigenvalue weighted by Crippen LogP contribution is 2.15. The van der Waals surface area contributed by atoms with E-state index in [-0.39, 0.29) is 17.5 Å². The summed E-state index contributed by atoms with van der Waals surface area (Å²) < 4.78 is 4.66. The van der Waals surface area contributed by atoms with Crippen LogP contribution in [0.5, 0.6) is 0 Å². The minimum Gasteiger partial charge on any atom is -0.464 e. The lowest BCUT2D eigenvalue weighted by Crippen LogP contribution is -2.06. The lowest BCUT2D eigenvalue weighted by molar-refractivity contribution is 0.0594. The molecular formula is C15H15N7O2. The second-order valence-electron chi connectivity index (χ2n) is 5.04. The molecule has 0 amide bonds. The Morgan fingerprint density at radius 2 is 2.00 bits per heavy atom. The molecule has 3 aromatic heterocycles. The quantitative estimate of drug-likeness (QED) is 0.657. The van der Waals surface area contributed by atoms with Crippen LogP contribution >= 0.6 is 0 Å². The Labute approximate surface area is 137 Å². The molecule has 4 N–H and O–H groups in total. The number of nitrogens with two attached hydrogens (primary N) is 2. The normalized spacial score (nSPS) is 10.7. The van der Waals surface area contributed by atoms with Crippen molar-refractivity contribution < 1.29 is 9.53 Å². The van der Waals surface area contributed by atoms with Gasteiger partial charge in [-0.3, -0.25) is 0 Å². The topological polar surface area (TPSA) is 143 Å². The fourth-order valence-electron chi connectivity index (χ4n) is 2.22. The number of nitrogen functional groups attached to an aromatic ring is 2. The Bertz CT molecular complexity index is 913. The van der Waals surface area contributed by atoms with Crippen LogP contribution in [0.15, 0.2) is 24.5 Å². The first-order valence-corrected chi connectivity index (χ1v) is 7.14. The molecular weight excluding hydrogens is 310 g/mol. The number of esters is 1. The molecule has 0 saturated carbocycles. The van der Waals surface area contributed by atoms with Crippen molar-refractivity contribution in [2.45, 2.75) is 12.8 Å². The Morgan fingerprint density at radius 1 is 1.17 bits per heavy atom. The van der Waals surface area contributed by atoms with E-state index >= 15 is 0 Å². The maximum absolute atomic E-state index is 11.5. The zero-order valence-corrected chi connectivity index (χ0v) is 12.9. The largest absolute Gasteiger partial charge is 0.464 e. The fraction of sp³-hybridized carbons (Fsp3) is 0.200. The second kappa shape index (κ2) is 6.41. The van der Waals surface area contributed by atoms with Gasteiger partial charge in [-0.1, -0.05) is 0 Å². The van der Waals surface area contributed by atoms with Crippen LogP contribution in [0.1, 0.15) is 21.7 Å². The molecule has 0 aromatic carbocycles. The molecule has 24 heavy (non-hydrogen) atoms. The number of carbonyl (C=O) groups excluding carboxylic acids is 1. The molecule has 0 unspecified atom stereocenters. The highest BCUT2D eigenvalue weighted by Gasteiger charge is 2.10. The first-order valence-electron chi connectivity index (χ1n) is 7.14. The van der Waals surface area contributed by atoms with Crippen LogP contribution in [-0.2, 0) is 17.6 Å². The predicted octanol–water partition coefficient (Wildman–Crippen LogP) is 0.551. The summed E-state index contributed by atoms with van der Waals surface area (Å²) >= 11 is 0. The molecule has 122 valence electrons. The minimum atomic E-state index is -0.468. The van der Waals surface area contributed by atoms with Crippen LogP contribution in [0.3, 0.4) is 0 Å². The van der Waals surface area contributed by atoms with Gasteiger partial charge in [0, 0.05) is 6.20 Å². The highest BCUT2D eigenvalue weighted by atomic mass is 16.5. The number of carbonyl (C=O) groups is 1. The van der Waals surface area contributed by atoms with Gasteiger partial charge < -0.3 is 16.2 Å². The van der Waals surface area contributed by atoms with Crippen LogP contribution in [0, 0.1) is 0 Å². The van der Waals surface area contributed by atoms with Gasteiger partial charge in [0.1, 0.15) is 5.69 Å². The number of anilines is 2. The Morgan fingerprint density at radius 3 is 2.79 bits per heavy atom. The number of fused-ring (bicyclic) bond motifs is 1. The Kier molecular flexibility index (Phi) is 4.15. The van der Waals surface area contributed by atoms with Crippen molar-refractivity contribution in [2.75, 3.05) is 18.6 Å². The van der Waals surface area contributed by atoms with Gasteiger partial charge in [0.2, 0.25) is 5.95 Å². The van der Waals surface area contributed by atoms with E-state index in [0.717, 1.165) is 11.3 Å². The van der Waals surface area contributed by atoms with Crippen molar-refractivity contribution in [3.05, 3.63) is 41.5 Å². The van der Waals surface area contributed by atoms with Gasteiger partial charge in [0.15, 0.2) is 17.0 Å². The fourth-order valence-corrected chi connectivity index (χ4v) is 2.22. The number of hydrogen-bond acceptors (Lipinski definition) is 9. The third kappa shape index (κ3) is 3.19. The third-order valence-corrected chi connectivity index (χ3v) is 3.39. The first-order chi connectivity index (χ1) is 11.6. The molecule has 0 aliphatic rings. The summed E-state index contributed by atoms with van der Waals surface area (Å²) in [6.07, 6.45) is 4.46. The minimum absolute atomic E-state index is 0.0641. The molecule has 0 radical (unpaired) electrons. The van der Waals surface area contributed by atoms with Crippen LogP contribution in [0.4, 0.5) is 11.8 Å². The van der Waals surface area contributed by atoms with Crippen LogP contribution < -0.4 is 11.5 Å². The zero-order chi connectivity index (χ0) is 17.1. The molecule has 0 aliphatic carbocycles. The maximum Gasteiger partial charge on any atom is 0.356 e. The lowest BCUT2D eigenvalue weighted by atomic mass is 10.1. The van der Waals surface area contributed by atoms with E-state index in [0.29, 0.717) is 24.0 Å². The van der Waals surface area contributed by atoms with Gasteiger partial charge in [0.25, 0.3) is 0 Å². The SMILES string of the molecule is COC(=O)c1cc(CCc2cnc3nc(N)nc(N)c3n2)ccn1. The molecule has 0 bridgehead atoms. The van der Waals surface area contributed by atoms with E-state index in [1.54, 1.807) is 18.5 Å². The summed E-state index contributed by atoms with van der Waals surface area (Å²) in [5.41, 5.74) is 14.1. The average molecular weight is 325 g/mol. The number of ether oxygens (including phenoxy) is 1. The number of aryl methyl sites for hydroxylation is 2. The van der Waals surface area contributed by atoms with Crippen molar-refractivity contribution >= 4 is 28.9 Å². The summed E-state index contributed by atoms with van der Waals surface area (Å²) in [6, 6.07) is 3.53. The van der Waals surface area contributed by atoms with E-state index in [2.05, 4.69) is 29.7 Å². The van der Waals surface area contributed by atoms with Gasteiger partial charge in [-0.15, -0.1) is 0 Å². The van der Waals surface area contributed by atoms with E-state index < -0.39 is 5.97 Å². The number of nitrogens with zero attached hydrogens (tertiary/aromatic N) is 5. The van der Waals surface area contributed by atoms with Crippen molar-refractivity contribution in [2.24, 2.45) is 0 Å². The van der Waals surface area contributed by atoms with Crippen molar-refractivity contribution in [1.82, 2.24) is 24.9 Å². The molecule has 0 saturated heterocycles. The number of pyridine rings is 1. The van der Waals surface area contributed by atoms with Gasteiger partial charge in [-0.05, 0) is 30.5 Å². The van der Waals surface area contributed by atoms with Crippen molar-refractivity contribution in [3.63, 3.8) is 0 Å². The van der Waals surface area contributed by atoms with Crippen molar-refractivity contribution in [1.29, 1.82) is 0 Å². The smallest absolute Gasteiger partial charge is 0.356 e. The average Bonchev–Trinajstić information content (AvgIpc) is 2.59. The number of rotatable bonds is 4. The standard InChI is InChI=1S/C15H15N7O2/c1-24-14(23)10-6-8(4-5-18-10)2-3-9-7-19-13-11(20-9)12(16)21-15(17)22-13/h4-7H,2-3H2,1H3,(H4,16,17,19,21,22). The molecule has 3 rings (SSSR count). The monoisotopic (exact) mass is 325 g/mol. The summed E-state index contributed by atoms with van der Waals surface area (Å²) in [7, 11) is 1.32. The summed E-state index contributed by atoms with van der Waals surface area (Å²) in [4.78, 5) is 32.0. The van der Waals surface area contributed by atoms with E-state index in [9.17, 15) is 4.79 Å². The molecule has 9 nitrogen and oxygen atoms in total. The van der Waals surface area contributed by atoms with Crippen LogP contribution in [-0.4, -0.2) is 38.0 Å². The van der Waals surface area contributed by atoms with E-state index in [1.165, 1.54) is 7.11 Å².